The number of hydrogen-bond donors (Lipinski definition) is 1. The molecule has 132 valence electrons. The van der Waals surface area contributed by atoms with Crippen LogP contribution in [0.25, 0.3) is 0 Å². The van der Waals surface area contributed by atoms with Crippen LogP contribution in [0.15, 0.2) is 36.5 Å². The van der Waals surface area contributed by atoms with Crippen molar-refractivity contribution in [3.63, 3.8) is 0 Å². The van der Waals surface area contributed by atoms with E-state index in [1.807, 2.05) is 0 Å². The summed E-state index contributed by atoms with van der Waals surface area (Å²) in [6.07, 6.45) is 4.94. The van der Waals surface area contributed by atoms with Gasteiger partial charge in [-0.3, -0.25) is 4.79 Å². The number of hydrogen-bond acceptors (Lipinski definition) is 3. The van der Waals surface area contributed by atoms with Gasteiger partial charge in [-0.2, -0.15) is 0 Å². The van der Waals surface area contributed by atoms with Crippen molar-refractivity contribution in [3.8, 4) is 5.88 Å². The molecule has 2 aromatic rings. The largest absolute Gasteiger partial charge is 0.474 e. The first-order valence-electron chi connectivity index (χ1n) is 8.36. The summed E-state index contributed by atoms with van der Waals surface area (Å²) in [5, 5.41) is 3.55. The Balaban J connectivity index is 1.49. The maximum Gasteiger partial charge on any atom is 0.251 e. The summed E-state index contributed by atoms with van der Waals surface area (Å²) in [6.45, 7) is 1.67. The number of benzene rings is 1. The number of rotatable bonds is 4. The van der Waals surface area contributed by atoms with Gasteiger partial charge < -0.3 is 10.1 Å². The molecule has 0 aliphatic heterocycles. The highest BCUT2D eigenvalue weighted by atomic mass is 35.5. The molecule has 3 rings (SSSR count). The Hall–Kier alpha value is -2.14. The number of pyridine rings is 1. The average Bonchev–Trinajstić information content (AvgIpc) is 2.61. The third kappa shape index (κ3) is 4.69. The Kier molecular flexibility index (Phi) is 5.53. The second-order valence-electron chi connectivity index (χ2n) is 6.34. The third-order valence-electron chi connectivity index (χ3n) is 4.43. The van der Waals surface area contributed by atoms with Crippen molar-refractivity contribution in [1.82, 2.24) is 10.3 Å². The van der Waals surface area contributed by atoms with Crippen LogP contribution in [0.3, 0.4) is 0 Å². The fraction of sp³-hybridized carbons (Fsp3) is 0.368. The van der Waals surface area contributed by atoms with Gasteiger partial charge >= 0.3 is 0 Å². The SMILES string of the molecule is Cc1ccc(C(=O)NC2CCC(Oc3ccc(Cl)cn3)CC2)cc1F. The zero-order valence-electron chi connectivity index (χ0n) is 14.0. The van der Waals surface area contributed by atoms with Gasteiger partial charge in [-0.15, -0.1) is 0 Å². The Labute approximate surface area is 151 Å². The average molecular weight is 363 g/mol. The lowest BCUT2D eigenvalue weighted by atomic mass is 9.92. The molecule has 4 nitrogen and oxygen atoms in total. The topological polar surface area (TPSA) is 51.2 Å². The van der Waals surface area contributed by atoms with Crippen LogP contribution in [0.2, 0.25) is 5.02 Å². The second kappa shape index (κ2) is 7.83. The summed E-state index contributed by atoms with van der Waals surface area (Å²) >= 11 is 5.81. The van der Waals surface area contributed by atoms with E-state index < -0.39 is 0 Å². The van der Waals surface area contributed by atoms with Gasteiger partial charge in [0, 0.05) is 23.9 Å². The Morgan fingerprint density at radius 3 is 2.64 bits per heavy atom. The summed E-state index contributed by atoms with van der Waals surface area (Å²) in [5.41, 5.74) is 0.886. The van der Waals surface area contributed by atoms with E-state index in [0.717, 1.165) is 25.7 Å². The summed E-state index contributed by atoms with van der Waals surface area (Å²) < 4.78 is 19.4. The predicted octanol–water partition coefficient (Wildman–Crippen LogP) is 4.30. The standard InChI is InChI=1S/C19H20ClFN2O2/c1-12-2-3-13(10-17(12)21)19(24)23-15-5-7-16(8-6-15)25-18-9-4-14(20)11-22-18/h2-4,9-11,15-16H,5-8H2,1H3,(H,23,24). The monoisotopic (exact) mass is 362 g/mol. The normalized spacial score (nSPS) is 20.1. The lowest BCUT2D eigenvalue weighted by Gasteiger charge is -2.29. The molecule has 1 N–H and O–H groups in total. The number of nitrogens with zero attached hydrogens (tertiary/aromatic N) is 1. The zero-order chi connectivity index (χ0) is 17.8. The van der Waals surface area contributed by atoms with Gasteiger partial charge in [0.2, 0.25) is 5.88 Å². The van der Waals surface area contributed by atoms with Crippen LogP contribution in [-0.2, 0) is 0 Å². The fourth-order valence-corrected chi connectivity index (χ4v) is 3.04. The predicted molar refractivity (Wildman–Crippen MR) is 94.5 cm³/mol. The highest BCUT2D eigenvalue weighted by Crippen LogP contribution is 2.24. The van der Waals surface area contributed by atoms with Crippen molar-refractivity contribution in [3.05, 3.63) is 58.5 Å². The molecule has 1 aromatic heterocycles. The van der Waals surface area contributed by atoms with Crippen LogP contribution in [-0.4, -0.2) is 23.0 Å². The quantitative estimate of drug-likeness (QED) is 0.882. The molecule has 1 aliphatic carbocycles. The molecule has 25 heavy (non-hydrogen) atoms. The molecule has 0 saturated heterocycles. The Morgan fingerprint density at radius 1 is 1.24 bits per heavy atom. The van der Waals surface area contributed by atoms with E-state index in [-0.39, 0.29) is 23.9 Å². The van der Waals surface area contributed by atoms with E-state index in [4.69, 9.17) is 16.3 Å². The summed E-state index contributed by atoms with van der Waals surface area (Å²) in [6, 6.07) is 8.13. The molecule has 0 radical (unpaired) electrons. The minimum atomic E-state index is -0.361. The van der Waals surface area contributed by atoms with E-state index >= 15 is 0 Å². The number of aromatic nitrogens is 1. The number of nitrogens with one attached hydrogen (secondary N) is 1. The zero-order valence-corrected chi connectivity index (χ0v) is 14.7. The maximum absolute atomic E-state index is 13.6. The molecule has 0 atom stereocenters. The van der Waals surface area contributed by atoms with Crippen LogP contribution in [0.1, 0.15) is 41.6 Å². The van der Waals surface area contributed by atoms with Crippen LogP contribution in [0, 0.1) is 12.7 Å². The number of amides is 1. The molecule has 1 aromatic carbocycles. The molecule has 1 fully saturated rings. The van der Waals surface area contributed by atoms with Gasteiger partial charge in [0.15, 0.2) is 0 Å². The van der Waals surface area contributed by atoms with Crippen molar-refractivity contribution in [2.24, 2.45) is 0 Å². The highest BCUT2D eigenvalue weighted by molar-refractivity contribution is 6.30. The fourth-order valence-electron chi connectivity index (χ4n) is 2.93. The lowest BCUT2D eigenvalue weighted by molar-refractivity contribution is 0.0889. The highest BCUT2D eigenvalue weighted by Gasteiger charge is 2.24. The first kappa shape index (κ1) is 17.7. The first-order chi connectivity index (χ1) is 12.0. The number of ether oxygens (including phenoxy) is 1. The third-order valence-corrected chi connectivity index (χ3v) is 4.65. The van der Waals surface area contributed by atoms with Gasteiger partial charge in [0.1, 0.15) is 11.9 Å². The second-order valence-corrected chi connectivity index (χ2v) is 6.78. The summed E-state index contributed by atoms with van der Waals surface area (Å²) in [5.74, 6) is -0.0325. The van der Waals surface area contributed by atoms with E-state index in [1.165, 1.54) is 6.07 Å². The van der Waals surface area contributed by atoms with Crippen LogP contribution < -0.4 is 10.1 Å². The molecule has 1 aliphatic rings. The van der Waals surface area contributed by atoms with Crippen LogP contribution in [0.5, 0.6) is 5.88 Å². The van der Waals surface area contributed by atoms with Crippen molar-refractivity contribution < 1.29 is 13.9 Å². The molecule has 0 bridgehead atoms. The number of carbonyl (C=O) groups is 1. The van der Waals surface area contributed by atoms with E-state index in [1.54, 1.807) is 37.4 Å². The summed E-state index contributed by atoms with van der Waals surface area (Å²) in [7, 11) is 0. The van der Waals surface area contributed by atoms with Crippen molar-refractivity contribution in [2.45, 2.75) is 44.8 Å². The molecule has 6 heteroatoms. The molecular weight excluding hydrogens is 343 g/mol. The lowest BCUT2D eigenvalue weighted by Crippen LogP contribution is -2.39. The number of carbonyl (C=O) groups excluding carboxylic acids is 1. The van der Waals surface area contributed by atoms with E-state index in [9.17, 15) is 9.18 Å². The van der Waals surface area contributed by atoms with Gasteiger partial charge in [-0.1, -0.05) is 17.7 Å². The Bertz CT molecular complexity index is 744. The van der Waals surface area contributed by atoms with Gasteiger partial charge in [-0.25, -0.2) is 9.37 Å². The Morgan fingerprint density at radius 2 is 2.00 bits per heavy atom. The molecule has 0 unspecified atom stereocenters. The first-order valence-corrected chi connectivity index (χ1v) is 8.74. The van der Waals surface area contributed by atoms with Crippen molar-refractivity contribution >= 4 is 17.5 Å². The van der Waals surface area contributed by atoms with Gasteiger partial charge in [0.05, 0.1) is 5.02 Å². The minimum Gasteiger partial charge on any atom is -0.474 e. The molecule has 0 spiro atoms. The van der Waals surface area contributed by atoms with Crippen molar-refractivity contribution in [2.75, 3.05) is 0 Å². The summed E-state index contributed by atoms with van der Waals surface area (Å²) in [4.78, 5) is 16.4. The minimum absolute atomic E-state index is 0.0786. The van der Waals surface area contributed by atoms with E-state index in [2.05, 4.69) is 10.3 Å². The number of aryl methyl sites for hydroxylation is 1. The molecular formula is C19H20ClFN2O2. The van der Waals surface area contributed by atoms with Crippen molar-refractivity contribution in [1.29, 1.82) is 0 Å². The maximum atomic E-state index is 13.6. The van der Waals surface area contributed by atoms with Gasteiger partial charge in [0.25, 0.3) is 5.91 Å². The molecule has 1 amide bonds. The molecule has 1 saturated carbocycles. The van der Waals surface area contributed by atoms with Crippen LogP contribution >= 0.6 is 11.6 Å². The van der Waals surface area contributed by atoms with E-state index in [0.29, 0.717) is 22.0 Å². The number of halogens is 2. The van der Waals surface area contributed by atoms with Gasteiger partial charge in [-0.05, 0) is 56.4 Å². The van der Waals surface area contributed by atoms with Crippen LogP contribution in [0.4, 0.5) is 4.39 Å². The smallest absolute Gasteiger partial charge is 0.251 e. The molecule has 1 heterocycles.